The first-order valence-electron chi connectivity index (χ1n) is 10.3. The highest BCUT2D eigenvalue weighted by Crippen LogP contribution is 2.41. The number of thiophene rings is 1. The number of carbonyl (C=O) groups is 1. The predicted molar refractivity (Wildman–Crippen MR) is 121 cm³/mol. The van der Waals surface area contributed by atoms with Gasteiger partial charge in [-0.25, -0.2) is 4.99 Å². The molecule has 1 aromatic heterocycles. The maximum atomic E-state index is 12.4. The summed E-state index contributed by atoms with van der Waals surface area (Å²) >= 11 is 1.42. The number of nitriles is 1. The summed E-state index contributed by atoms with van der Waals surface area (Å²) in [4.78, 5) is 23.3. The molecule has 30 heavy (non-hydrogen) atoms. The SMILES string of the molecule is C=C1c2sc(C(=O)NCC)cc2N=C(N2CCCCC2)N1Cc1ccccc1C#N. The fraction of sp³-hybridized carbons (Fsp3) is 0.348. The summed E-state index contributed by atoms with van der Waals surface area (Å²) in [6, 6.07) is 11.8. The van der Waals surface area contributed by atoms with Crippen LogP contribution in [-0.4, -0.2) is 41.3 Å². The molecule has 0 atom stereocenters. The van der Waals surface area contributed by atoms with Crippen molar-refractivity contribution in [3.8, 4) is 6.07 Å². The molecule has 154 valence electrons. The van der Waals surface area contributed by atoms with E-state index in [1.807, 2.05) is 37.3 Å². The first-order chi connectivity index (χ1) is 14.6. The molecule has 6 nitrogen and oxygen atoms in total. The van der Waals surface area contributed by atoms with Gasteiger partial charge in [-0.3, -0.25) is 4.79 Å². The summed E-state index contributed by atoms with van der Waals surface area (Å²) in [6.07, 6.45) is 3.50. The number of hydrogen-bond donors (Lipinski definition) is 1. The molecule has 1 aromatic carbocycles. The number of nitrogens with one attached hydrogen (secondary N) is 1. The van der Waals surface area contributed by atoms with E-state index >= 15 is 0 Å². The number of fused-ring (bicyclic) bond motifs is 1. The Morgan fingerprint density at radius 2 is 2.07 bits per heavy atom. The number of rotatable bonds is 4. The van der Waals surface area contributed by atoms with E-state index in [0.29, 0.717) is 23.5 Å². The zero-order chi connectivity index (χ0) is 21.1. The van der Waals surface area contributed by atoms with Crippen LogP contribution in [0.2, 0.25) is 0 Å². The number of amides is 1. The number of likely N-dealkylation sites (tertiary alicyclic amines) is 1. The normalized spacial score (nSPS) is 16.0. The standard InChI is InChI=1S/C23H25N5OS/c1-3-25-22(29)20-13-19-21(30-20)16(2)28(15-18-10-6-5-9-17(18)14-24)23(26-19)27-11-7-4-8-12-27/h5-6,9-10,13H,2-4,7-8,11-12,15H2,1H3,(H,25,29). The topological polar surface area (TPSA) is 71.7 Å². The van der Waals surface area contributed by atoms with Gasteiger partial charge in [-0.05, 0) is 43.9 Å². The predicted octanol–water partition coefficient (Wildman–Crippen LogP) is 4.33. The van der Waals surface area contributed by atoms with Crippen molar-refractivity contribution >= 4 is 34.6 Å². The minimum Gasteiger partial charge on any atom is -0.352 e. The molecular formula is C23H25N5OS. The average molecular weight is 420 g/mol. The van der Waals surface area contributed by atoms with Gasteiger partial charge in [0.05, 0.1) is 39.3 Å². The van der Waals surface area contributed by atoms with E-state index in [-0.39, 0.29) is 5.91 Å². The Morgan fingerprint density at radius 3 is 2.80 bits per heavy atom. The fourth-order valence-electron chi connectivity index (χ4n) is 3.88. The monoisotopic (exact) mass is 419 g/mol. The second kappa shape index (κ2) is 8.72. The van der Waals surface area contributed by atoms with Crippen molar-refractivity contribution in [2.24, 2.45) is 4.99 Å². The maximum Gasteiger partial charge on any atom is 0.261 e. The van der Waals surface area contributed by atoms with Gasteiger partial charge in [0.1, 0.15) is 0 Å². The van der Waals surface area contributed by atoms with E-state index in [1.54, 1.807) is 0 Å². The van der Waals surface area contributed by atoms with E-state index in [4.69, 9.17) is 4.99 Å². The molecule has 4 rings (SSSR count). The van der Waals surface area contributed by atoms with Gasteiger partial charge in [-0.2, -0.15) is 5.26 Å². The molecular weight excluding hydrogens is 394 g/mol. The Balaban J connectivity index is 1.74. The second-order valence-electron chi connectivity index (χ2n) is 7.45. The van der Waals surface area contributed by atoms with Crippen molar-refractivity contribution in [2.75, 3.05) is 19.6 Å². The molecule has 0 unspecified atom stereocenters. The Bertz CT molecular complexity index is 1040. The van der Waals surface area contributed by atoms with E-state index in [2.05, 4.69) is 27.8 Å². The van der Waals surface area contributed by atoms with Crippen LogP contribution in [0.15, 0.2) is 41.9 Å². The highest BCUT2D eigenvalue weighted by Gasteiger charge is 2.31. The maximum absolute atomic E-state index is 12.4. The molecule has 1 amide bonds. The second-order valence-corrected chi connectivity index (χ2v) is 8.50. The van der Waals surface area contributed by atoms with Gasteiger partial charge < -0.3 is 15.1 Å². The van der Waals surface area contributed by atoms with Crippen LogP contribution in [0.25, 0.3) is 5.70 Å². The first kappa shape index (κ1) is 20.2. The molecule has 2 aliphatic rings. The van der Waals surface area contributed by atoms with Crippen molar-refractivity contribution in [3.05, 3.63) is 57.8 Å². The Kier molecular flexibility index (Phi) is 5.86. The molecule has 0 bridgehead atoms. The Hall–Kier alpha value is -3.11. The van der Waals surface area contributed by atoms with Crippen LogP contribution < -0.4 is 5.32 Å². The number of carbonyl (C=O) groups excluding carboxylic acids is 1. The molecule has 0 radical (unpaired) electrons. The zero-order valence-electron chi connectivity index (χ0n) is 17.1. The highest BCUT2D eigenvalue weighted by molar-refractivity contribution is 7.15. The van der Waals surface area contributed by atoms with Gasteiger partial charge in [0.15, 0.2) is 0 Å². The highest BCUT2D eigenvalue weighted by atomic mass is 32.1. The smallest absolute Gasteiger partial charge is 0.261 e. The zero-order valence-corrected chi connectivity index (χ0v) is 18.0. The average Bonchev–Trinajstić information content (AvgIpc) is 3.21. The molecule has 7 heteroatoms. The van der Waals surface area contributed by atoms with Crippen LogP contribution >= 0.6 is 11.3 Å². The molecule has 1 N–H and O–H groups in total. The summed E-state index contributed by atoms with van der Waals surface area (Å²) in [5.41, 5.74) is 3.23. The third kappa shape index (κ3) is 3.83. The minimum absolute atomic E-state index is 0.0826. The molecule has 0 spiro atoms. The van der Waals surface area contributed by atoms with Crippen molar-refractivity contribution < 1.29 is 4.79 Å². The van der Waals surface area contributed by atoms with E-state index in [9.17, 15) is 10.1 Å². The molecule has 0 saturated carbocycles. The van der Waals surface area contributed by atoms with Crippen LogP contribution in [0.3, 0.4) is 0 Å². The number of piperidine rings is 1. The van der Waals surface area contributed by atoms with Crippen LogP contribution in [-0.2, 0) is 6.54 Å². The van der Waals surface area contributed by atoms with Gasteiger partial charge in [0.2, 0.25) is 5.96 Å². The number of hydrogen-bond acceptors (Lipinski definition) is 6. The quantitative estimate of drug-likeness (QED) is 0.801. The summed E-state index contributed by atoms with van der Waals surface area (Å²) in [7, 11) is 0. The summed E-state index contributed by atoms with van der Waals surface area (Å²) in [6.45, 7) is 9.28. The summed E-state index contributed by atoms with van der Waals surface area (Å²) < 4.78 is 0. The van der Waals surface area contributed by atoms with Crippen molar-refractivity contribution in [2.45, 2.75) is 32.7 Å². The molecule has 2 aliphatic heterocycles. The van der Waals surface area contributed by atoms with Crippen LogP contribution in [0, 0.1) is 11.3 Å². The lowest BCUT2D eigenvalue weighted by molar-refractivity contribution is 0.0960. The Labute approximate surface area is 181 Å². The number of guanidine groups is 1. The van der Waals surface area contributed by atoms with Gasteiger partial charge in [0, 0.05) is 19.6 Å². The van der Waals surface area contributed by atoms with Crippen molar-refractivity contribution in [1.82, 2.24) is 15.1 Å². The van der Waals surface area contributed by atoms with Crippen molar-refractivity contribution in [1.29, 1.82) is 5.26 Å². The lowest BCUT2D eigenvalue weighted by Crippen LogP contribution is -2.46. The number of aliphatic imine (C=N–C) groups is 1. The summed E-state index contributed by atoms with van der Waals surface area (Å²) in [5, 5.41) is 12.4. The van der Waals surface area contributed by atoms with E-state index < -0.39 is 0 Å². The van der Waals surface area contributed by atoms with Gasteiger partial charge in [0.25, 0.3) is 5.91 Å². The summed E-state index contributed by atoms with van der Waals surface area (Å²) in [5.74, 6) is 0.779. The lowest BCUT2D eigenvalue weighted by Gasteiger charge is -2.39. The van der Waals surface area contributed by atoms with Gasteiger partial charge >= 0.3 is 0 Å². The molecule has 2 aromatic rings. The molecule has 0 aliphatic carbocycles. The first-order valence-corrected chi connectivity index (χ1v) is 11.1. The van der Waals surface area contributed by atoms with Crippen LogP contribution in [0.4, 0.5) is 5.69 Å². The molecule has 1 saturated heterocycles. The third-order valence-corrected chi connectivity index (χ3v) is 6.60. The van der Waals surface area contributed by atoms with Crippen LogP contribution in [0.1, 0.15) is 51.9 Å². The van der Waals surface area contributed by atoms with Gasteiger partial charge in [-0.1, -0.05) is 24.8 Å². The van der Waals surface area contributed by atoms with Crippen LogP contribution in [0.5, 0.6) is 0 Å². The number of nitrogens with zero attached hydrogens (tertiary/aromatic N) is 4. The fourth-order valence-corrected chi connectivity index (χ4v) is 4.87. The van der Waals surface area contributed by atoms with Gasteiger partial charge in [-0.15, -0.1) is 11.3 Å². The Morgan fingerprint density at radius 1 is 1.30 bits per heavy atom. The third-order valence-electron chi connectivity index (χ3n) is 5.43. The molecule has 3 heterocycles. The van der Waals surface area contributed by atoms with Crippen molar-refractivity contribution in [3.63, 3.8) is 0 Å². The van der Waals surface area contributed by atoms with E-state index in [1.165, 1.54) is 17.8 Å². The minimum atomic E-state index is -0.0826. The largest absolute Gasteiger partial charge is 0.352 e. The number of benzene rings is 1. The lowest BCUT2D eigenvalue weighted by atomic mass is 10.1. The molecule has 1 fully saturated rings. The van der Waals surface area contributed by atoms with E-state index in [0.717, 1.165) is 53.7 Å².